The summed E-state index contributed by atoms with van der Waals surface area (Å²) in [5, 5.41) is 2.98. The lowest BCUT2D eigenvalue weighted by Gasteiger charge is -2.26. The van der Waals surface area contributed by atoms with Crippen molar-refractivity contribution in [3.8, 4) is 0 Å². The molecular formula is C12H16N2O3S. The third kappa shape index (κ3) is 2.81. The molecule has 6 heteroatoms. The number of rotatable bonds is 2. The molecule has 0 saturated carbocycles. The van der Waals surface area contributed by atoms with Crippen molar-refractivity contribution in [2.24, 2.45) is 0 Å². The molecule has 0 bridgehead atoms. The second-order valence-electron chi connectivity index (χ2n) is 4.27. The molecule has 1 amide bonds. The van der Waals surface area contributed by atoms with Crippen molar-refractivity contribution < 1.29 is 13.2 Å². The fourth-order valence-electron chi connectivity index (χ4n) is 1.88. The van der Waals surface area contributed by atoms with Crippen LogP contribution in [0.4, 0.5) is 5.69 Å². The molecule has 0 atom stereocenters. The zero-order valence-corrected chi connectivity index (χ0v) is 11.0. The van der Waals surface area contributed by atoms with Gasteiger partial charge in [0.2, 0.25) is 0 Å². The first-order valence-corrected chi connectivity index (χ1v) is 7.61. The first-order chi connectivity index (χ1) is 8.52. The molecule has 1 aromatic carbocycles. The summed E-state index contributed by atoms with van der Waals surface area (Å²) in [5.74, 6) is 0.0216. The molecule has 1 heterocycles. The minimum absolute atomic E-state index is 0.0628. The Morgan fingerprint density at radius 2 is 1.72 bits per heavy atom. The molecule has 1 saturated heterocycles. The molecule has 0 spiro atoms. The van der Waals surface area contributed by atoms with E-state index < -0.39 is 9.84 Å². The predicted octanol–water partition coefficient (Wildman–Crippen LogP) is 0.599. The van der Waals surface area contributed by atoms with Crippen LogP contribution in [0.1, 0.15) is 10.4 Å². The second kappa shape index (κ2) is 4.97. The zero-order chi connectivity index (χ0) is 13.2. The summed E-state index contributed by atoms with van der Waals surface area (Å²) in [6, 6.07) is 7.15. The van der Waals surface area contributed by atoms with Gasteiger partial charge in [-0.1, -0.05) is 0 Å². The fourth-order valence-corrected chi connectivity index (χ4v) is 3.08. The molecular weight excluding hydrogens is 252 g/mol. The van der Waals surface area contributed by atoms with E-state index in [1.54, 1.807) is 17.0 Å². The van der Waals surface area contributed by atoms with Crippen LogP contribution in [0.15, 0.2) is 24.3 Å². The Kier molecular flexibility index (Phi) is 3.56. The largest absolute Gasteiger partial charge is 0.388 e. The van der Waals surface area contributed by atoms with Gasteiger partial charge in [0.05, 0.1) is 11.5 Å². The maximum atomic E-state index is 12.1. The van der Waals surface area contributed by atoms with Crippen molar-refractivity contribution in [1.82, 2.24) is 4.90 Å². The number of carbonyl (C=O) groups is 1. The summed E-state index contributed by atoms with van der Waals surface area (Å²) in [4.78, 5) is 13.7. The molecule has 0 aliphatic carbocycles. The van der Waals surface area contributed by atoms with E-state index in [2.05, 4.69) is 5.32 Å². The summed E-state index contributed by atoms with van der Waals surface area (Å²) < 4.78 is 22.6. The fraction of sp³-hybridized carbons (Fsp3) is 0.417. The van der Waals surface area contributed by atoms with Gasteiger partial charge in [0.15, 0.2) is 9.84 Å². The van der Waals surface area contributed by atoms with E-state index in [1.807, 2.05) is 19.2 Å². The van der Waals surface area contributed by atoms with Crippen LogP contribution >= 0.6 is 0 Å². The van der Waals surface area contributed by atoms with E-state index in [1.165, 1.54) is 0 Å². The number of amides is 1. The monoisotopic (exact) mass is 268 g/mol. The van der Waals surface area contributed by atoms with Crippen LogP contribution in [0.3, 0.4) is 0 Å². The molecule has 1 aliphatic heterocycles. The SMILES string of the molecule is CNc1ccc(C(=O)N2CCS(=O)(=O)CC2)cc1. The van der Waals surface area contributed by atoms with Crippen LogP contribution in [0.5, 0.6) is 0 Å². The number of hydrogen-bond acceptors (Lipinski definition) is 4. The molecule has 0 unspecified atom stereocenters. The van der Waals surface area contributed by atoms with Crippen molar-refractivity contribution in [2.75, 3.05) is 37.0 Å². The highest BCUT2D eigenvalue weighted by molar-refractivity contribution is 7.91. The first-order valence-electron chi connectivity index (χ1n) is 5.79. The minimum Gasteiger partial charge on any atom is -0.388 e. The van der Waals surface area contributed by atoms with Gasteiger partial charge in [-0.2, -0.15) is 0 Å². The standard InChI is InChI=1S/C12H16N2O3S/c1-13-11-4-2-10(3-5-11)12(15)14-6-8-18(16,17)9-7-14/h2-5,13H,6-9H2,1H3. The van der Waals surface area contributed by atoms with Gasteiger partial charge in [-0.15, -0.1) is 0 Å². The summed E-state index contributed by atoms with van der Waals surface area (Å²) in [7, 11) is -1.13. The van der Waals surface area contributed by atoms with Crippen molar-refractivity contribution >= 4 is 21.4 Å². The van der Waals surface area contributed by atoms with Crippen LogP contribution < -0.4 is 5.32 Å². The lowest BCUT2D eigenvalue weighted by atomic mass is 10.2. The van der Waals surface area contributed by atoms with E-state index in [0.717, 1.165) is 5.69 Å². The highest BCUT2D eigenvalue weighted by Gasteiger charge is 2.25. The van der Waals surface area contributed by atoms with E-state index >= 15 is 0 Å². The van der Waals surface area contributed by atoms with E-state index in [-0.39, 0.29) is 30.5 Å². The van der Waals surface area contributed by atoms with Crippen LogP contribution in [0, 0.1) is 0 Å². The van der Waals surface area contributed by atoms with E-state index in [4.69, 9.17) is 0 Å². The highest BCUT2D eigenvalue weighted by Crippen LogP contribution is 2.13. The quantitative estimate of drug-likeness (QED) is 0.853. The van der Waals surface area contributed by atoms with Crippen molar-refractivity contribution in [1.29, 1.82) is 0 Å². The number of nitrogens with zero attached hydrogens (tertiary/aromatic N) is 1. The van der Waals surface area contributed by atoms with Crippen LogP contribution in [-0.4, -0.2) is 50.9 Å². The first kappa shape index (κ1) is 12.9. The average molecular weight is 268 g/mol. The minimum atomic E-state index is -2.95. The molecule has 1 aliphatic rings. The maximum absolute atomic E-state index is 12.1. The average Bonchev–Trinajstić information content (AvgIpc) is 2.38. The number of anilines is 1. The zero-order valence-electron chi connectivity index (χ0n) is 10.2. The topological polar surface area (TPSA) is 66.5 Å². The van der Waals surface area contributed by atoms with Crippen molar-refractivity contribution in [3.05, 3.63) is 29.8 Å². The Morgan fingerprint density at radius 3 is 2.22 bits per heavy atom. The molecule has 1 aromatic rings. The molecule has 2 rings (SSSR count). The van der Waals surface area contributed by atoms with Crippen molar-refractivity contribution in [2.45, 2.75) is 0 Å². The summed E-state index contributed by atoms with van der Waals surface area (Å²) in [5.41, 5.74) is 1.53. The van der Waals surface area contributed by atoms with Gasteiger partial charge in [0.1, 0.15) is 0 Å². The lowest BCUT2D eigenvalue weighted by Crippen LogP contribution is -2.43. The Bertz CT molecular complexity index is 523. The molecule has 0 radical (unpaired) electrons. The molecule has 0 aromatic heterocycles. The number of carbonyl (C=O) groups excluding carboxylic acids is 1. The molecule has 1 fully saturated rings. The van der Waals surface area contributed by atoms with Gasteiger partial charge < -0.3 is 10.2 Å². The number of hydrogen-bond donors (Lipinski definition) is 1. The normalized spacial score (nSPS) is 18.4. The van der Waals surface area contributed by atoms with Gasteiger partial charge in [-0.05, 0) is 24.3 Å². The Labute approximate surface area is 107 Å². The van der Waals surface area contributed by atoms with Gasteiger partial charge in [0.25, 0.3) is 5.91 Å². The smallest absolute Gasteiger partial charge is 0.253 e. The Hall–Kier alpha value is -1.56. The van der Waals surface area contributed by atoms with Crippen LogP contribution in [0.25, 0.3) is 0 Å². The van der Waals surface area contributed by atoms with Crippen LogP contribution in [0.2, 0.25) is 0 Å². The summed E-state index contributed by atoms with van der Waals surface area (Å²) in [6.45, 7) is 0.573. The predicted molar refractivity (Wildman–Crippen MR) is 70.5 cm³/mol. The lowest BCUT2D eigenvalue weighted by molar-refractivity contribution is 0.0770. The maximum Gasteiger partial charge on any atom is 0.253 e. The van der Waals surface area contributed by atoms with Crippen molar-refractivity contribution in [3.63, 3.8) is 0 Å². The third-order valence-corrected chi connectivity index (χ3v) is 4.66. The summed E-state index contributed by atoms with van der Waals surface area (Å²) in [6.07, 6.45) is 0. The van der Waals surface area contributed by atoms with Gasteiger partial charge in [-0.3, -0.25) is 4.79 Å². The molecule has 1 N–H and O–H groups in total. The van der Waals surface area contributed by atoms with Gasteiger partial charge >= 0.3 is 0 Å². The third-order valence-electron chi connectivity index (χ3n) is 3.05. The molecule has 5 nitrogen and oxygen atoms in total. The second-order valence-corrected chi connectivity index (χ2v) is 6.58. The number of nitrogens with one attached hydrogen (secondary N) is 1. The summed E-state index contributed by atoms with van der Waals surface area (Å²) >= 11 is 0. The Morgan fingerprint density at radius 1 is 1.17 bits per heavy atom. The van der Waals surface area contributed by atoms with E-state index in [9.17, 15) is 13.2 Å². The molecule has 98 valence electrons. The number of sulfone groups is 1. The van der Waals surface area contributed by atoms with E-state index in [0.29, 0.717) is 5.56 Å². The molecule has 18 heavy (non-hydrogen) atoms. The Balaban J connectivity index is 2.07. The van der Waals surface area contributed by atoms with Crippen LogP contribution in [-0.2, 0) is 9.84 Å². The van der Waals surface area contributed by atoms with Gasteiger partial charge in [-0.25, -0.2) is 8.42 Å². The van der Waals surface area contributed by atoms with Gasteiger partial charge in [0, 0.05) is 31.4 Å². The highest BCUT2D eigenvalue weighted by atomic mass is 32.2. The number of benzene rings is 1.